The first-order valence-corrected chi connectivity index (χ1v) is 5.67. The fourth-order valence-electron chi connectivity index (χ4n) is 1.51. The van der Waals surface area contributed by atoms with Gasteiger partial charge in [-0.3, -0.25) is 0 Å². The van der Waals surface area contributed by atoms with E-state index in [9.17, 15) is 13.2 Å². The van der Waals surface area contributed by atoms with Crippen molar-refractivity contribution in [3.63, 3.8) is 0 Å². The van der Waals surface area contributed by atoms with E-state index < -0.39 is 12.4 Å². The molecule has 0 amide bonds. The Hall–Kier alpha value is -0.980. The molecule has 1 aromatic carbocycles. The summed E-state index contributed by atoms with van der Waals surface area (Å²) in [4.78, 5) is 0. The second-order valence-electron chi connectivity index (χ2n) is 4.26. The highest BCUT2D eigenvalue weighted by Crippen LogP contribution is 2.27. The fourth-order valence-corrected chi connectivity index (χ4v) is 1.51. The molecule has 2 rings (SSSR count). The van der Waals surface area contributed by atoms with E-state index >= 15 is 0 Å². The molecule has 3 nitrogen and oxygen atoms in total. The molecule has 1 aromatic rings. The highest BCUT2D eigenvalue weighted by Gasteiger charge is 2.31. The van der Waals surface area contributed by atoms with Crippen molar-refractivity contribution in [1.29, 1.82) is 0 Å². The van der Waals surface area contributed by atoms with Crippen molar-refractivity contribution in [2.45, 2.75) is 31.3 Å². The van der Waals surface area contributed by atoms with Crippen LogP contribution in [0.3, 0.4) is 0 Å². The van der Waals surface area contributed by atoms with Gasteiger partial charge in [0, 0.05) is 0 Å². The minimum absolute atomic E-state index is 0. The van der Waals surface area contributed by atoms with Crippen molar-refractivity contribution in [2.75, 3.05) is 6.61 Å². The third kappa shape index (κ3) is 5.67. The predicted molar refractivity (Wildman–Crippen MR) is 66.3 cm³/mol. The molecule has 0 saturated heterocycles. The number of rotatable bonds is 5. The zero-order valence-corrected chi connectivity index (χ0v) is 10.8. The molecule has 1 aliphatic carbocycles. The van der Waals surface area contributed by atoms with Crippen molar-refractivity contribution in [1.82, 2.24) is 0 Å². The van der Waals surface area contributed by atoms with Crippen LogP contribution < -0.4 is 10.5 Å². The van der Waals surface area contributed by atoms with Crippen LogP contribution in [-0.2, 0) is 4.74 Å². The van der Waals surface area contributed by atoms with Gasteiger partial charge in [-0.2, -0.15) is 0 Å². The van der Waals surface area contributed by atoms with Gasteiger partial charge in [-0.05, 0) is 30.5 Å². The molecule has 0 heterocycles. The molecular weight excluding hydrogens is 283 g/mol. The summed E-state index contributed by atoms with van der Waals surface area (Å²) in [6, 6.07) is 5.22. The molecule has 2 N–H and O–H groups in total. The van der Waals surface area contributed by atoms with E-state index in [1.54, 1.807) is 6.07 Å². The van der Waals surface area contributed by atoms with E-state index in [2.05, 4.69) is 4.74 Å². The molecule has 0 radical (unpaired) electrons. The third-order valence-corrected chi connectivity index (χ3v) is 2.56. The standard InChI is InChI=1S/C12H14F3NO2.ClH/c13-12(14,15)18-10-3-1-2-8(6-10)11(16)7-17-9-4-5-9;/h1-3,6,9,11H,4-5,7,16H2;1H. The summed E-state index contributed by atoms with van der Waals surface area (Å²) in [5.41, 5.74) is 6.41. The summed E-state index contributed by atoms with van der Waals surface area (Å²) in [6.45, 7) is 0.306. The second-order valence-corrected chi connectivity index (χ2v) is 4.26. The maximum absolute atomic E-state index is 12.1. The number of benzene rings is 1. The van der Waals surface area contributed by atoms with Crippen LogP contribution in [0.5, 0.6) is 5.75 Å². The summed E-state index contributed by atoms with van der Waals surface area (Å²) >= 11 is 0. The predicted octanol–water partition coefficient (Wildman–Crippen LogP) is 3.19. The van der Waals surface area contributed by atoms with Crippen LogP contribution >= 0.6 is 12.4 Å². The van der Waals surface area contributed by atoms with Gasteiger partial charge in [-0.25, -0.2) is 0 Å². The normalized spacial score (nSPS) is 16.6. The number of nitrogens with two attached hydrogens (primary N) is 1. The van der Waals surface area contributed by atoms with Crippen molar-refractivity contribution in [3.8, 4) is 5.75 Å². The maximum atomic E-state index is 12.1. The van der Waals surface area contributed by atoms with Crippen LogP contribution in [0.25, 0.3) is 0 Å². The lowest BCUT2D eigenvalue weighted by Gasteiger charge is -2.14. The summed E-state index contributed by atoms with van der Waals surface area (Å²) < 4.78 is 45.4. The topological polar surface area (TPSA) is 44.5 Å². The molecule has 108 valence electrons. The Morgan fingerprint density at radius 3 is 2.58 bits per heavy atom. The third-order valence-electron chi connectivity index (χ3n) is 2.56. The molecule has 0 aliphatic heterocycles. The Morgan fingerprint density at radius 1 is 1.32 bits per heavy atom. The Bertz CT molecular complexity index is 410. The summed E-state index contributed by atoms with van der Waals surface area (Å²) in [6.07, 6.45) is -2.35. The second kappa shape index (κ2) is 6.45. The van der Waals surface area contributed by atoms with Crippen molar-refractivity contribution in [2.24, 2.45) is 5.73 Å². The molecule has 0 aromatic heterocycles. The monoisotopic (exact) mass is 297 g/mol. The lowest BCUT2D eigenvalue weighted by Crippen LogP contribution is -2.19. The molecule has 1 atom stereocenters. The fraction of sp³-hybridized carbons (Fsp3) is 0.500. The Balaban J connectivity index is 0.00000180. The van der Waals surface area contributed by atoms with E-state index in [4.69, 9.17) is 10.5 Å². The van der Waals surface area contributed by atoms with E-state index in [1.807, 2.05) is 0 Å². The van der Waals surface area contributed by atoms with Crippen LogP contribution in [0.1, 0.15) is 24.4 Å². The lowest BCUT2D eigenvalue weighted by molar-refractivity contribution is -0.274. The van der Waals surface area contributed by atoms with E-state index in [-0.39, 0.29) is 24.3 Å². The molecule has 0 bridgehead atoms. The molecule has 19 heavy (non-hydrogen) atoms. The van der Waals surface area contributed by atoms with Crippen molar-refractivity contribution in [3.05, 3.63) is 29.8 Å². The first kappa shape index (κ1) is 16.1. The van der Waals surface area contributed by atoms with Gasteiger partial charge in [0.2, 0.25) is 0 Å². The Labute approximate surface area is 115 Å². The highest BCUT2D eigenvalue weighted by atomic mass is 35.5. The average molecular weight is 298 g/mol. The minimum Gasteiger partial charge on any atom is -0.406 e. The van der Waals surface area contributed by atoms with Gasteiger partial charge in [0.05, 0.1) is 18.8 Å². The van der Waals surface area contributed by atoms with Gasteiger partial charge < -0.3 is 15.2 Å². The molecule has 1 fully saturated rings. The maximum Gasteiger partial charge on any atom is 0.573 e. The summed E-state index contributed by atoms with van der Waals surface area (Å²) in [5, 5.41) is 0. The molecule has 1 saturated carbocycles. The molecule has 0 spiro atoms. The molecule has 1 aliphatic rings. The number of hydrogen-bond donors (Lipinski definition) is 1. The van der Waals surface area contributed by atoms with Crippen LogP contribution in [-0.4, -0.2) is 19.1 Å². The lowest BCUT2D eigenvalue weighted by atomic mass is 10.1. The van der Waals surface area contributed by atoms with E-state index in [0.29, 0.717) is 12.2 Å². The molecular formula is C12H15ClF3NO2. The molecule has 1 unspecified atom stereocenters. The zero-order valence-electron chi connectivity index (χ0n) is 10.0. The van der Waals surface area contributed by atoms with Crippen LogP contribution in [0.15, 0.2) is 24.3 Å². The van der Waals surface area contributed by atoms with Crippen molar-refractivity contribution >= 4 is 12.4 Å². The SMILES string of the molecule is Cl.NC(COC1CC1)c1cccc(OC(F)(F)F)c1. The minimum atomic E-state index is -4.69. The zero-order chi connectivity index (χ0) is 13.2. The number of halogens is 4. The largest absolute Gasteiger partial charge is 0.573 e. The smallest absolute Gasteiger partial charge is 0.406 e. The van der Waals surface area contributed by atoms with Crippen molar-refractivity contribution < 1.29 is 22.6 Å². The summed E-state index contributed by atoms with van der Waals surface area (Å²) in [5.74, 6) is -0.262. The first-order chi connectivity index (χ1) is 8.44. The van der Waals surface area contributed by atoms with E-state index in [0.717, 1.165) is 12.8 Å². The van der Waals surface area contributed by atoms with E-state index in [1.165, 1.54) is 18.2 Å². The van der Waals surface area contributed by atoms with Crippen LogP contribution in [0.2, 0.25) is 0 Å². The number of hydrogen-bond acceptors (Lipinski definition) is 3. The summed E-state index contributed by atoms with van der Waals surface area (Å²) in [7, 11) is 0. The van der Waals surface area contributed by atoms with Gasteiger partial charge in [0.1, 0.15) is 5.75 Å². The number of ether oxygens (including phenoxy) is 2. The molecule has 7 heteroatoms. The Morgan fingerprint density at radius 2 is 2.00 bits per heavy atom. The first-order valence-electron chi connectivity index (χ1n) is 5.67. The van der Waals surface area contributed by atoms with Gasteiger partial charge in [-0.15, -0.1) is 25.6 Å². The van der Waals surface area contributed by atoms with Crippen LogP contribution in [0, 0.1) is 0 Å². The van der Waals surface area contributed by atoms with Gasteiger partial charge in [0.15, 0.2) is 0 Å². The van der Waals surface area contributed by atoms with Gasteiger partial charge in [0.25, 0.3) is 0 Å². The number of alkyl halides is 3. The Kier molecular flexibility index (Phi) is 5.46. The average Bonchev–Trinajstić information content (AvgIpc) is 3.07. The van der Waals surface area contributed by atoms with Crippen LogP contribution in [0.4, 0.5) is 13.2 Å². The van der Waals surface area contributed by atoms with Gasteiger partial charge >= 0.3 is 6.36 Å². The highest BCUT2D eigenvalue weighted by molar-refractivity contribution is 5.85. The van der Waals surface area contributed by atoms with Gasteiger partial charge in [-0.1, -0.05) is 12.1 Å². The quantitative estimate of drug-likeness (QED) is 0.908.